The van der Waals surface area contributed by atoms with Crippen LogP contribution in [0.1, 0.15) is 99.1 Å². The number of nitrogens with one attached hydrogen (secondary N) is 2. The Morgan fingerprint density at radius 1 is 0.667 bits per heavy atom. The van der Waals surface area contributed by atoms with E-state index >= 15 is 0 Å². The second kappa shape index (κ2) is 22.8. The molecular weight excluding hydrogens is 1090 g/mol. The maximum Gasteiger partial charge on any atom is 0.415 e. The number of nitrogens with zero attached hydrogens (tertiary/aromatic N) is 6. The number of ether oxygens (including phenoxy) is 3. The molecule has 9 rings (SSSR count). The van der Waals surface area contributed by atoms with Gasteiger partial charge in [0, 0.05) is 51.1 Å². The largest absolute Gasteiger partial charge is 0.453 e. The first-order valence-electron chi connectivity index (χ1n) is 24.9. The third-order valence-electron chi connectivity index (χ3n) is 12.1. The number of aryl methyl sites for hydroxylation is 2. The predicted molar refractivity (Wildman–Crippen MR) is 285 cm³/mol. The van der Waals surface area contributed by atoms with Crippen molar-refractivity contribution in [1.29, 1.82) is 0 Å². The van der Waals surface area contributed by atoms with Crippen molar-refractivity contribution in [2.24, 2.45) is 0 Å². The van der Waals surface area contributed by atoms with E-state index in [0.29, 0.717) is 43.8 Å². The maximum atomic E-state index is 14.5. The van der Waals surface area contributed by atoms with Gasteiger partial charge in [0.2, 0.25) is 5.82 Å². The van der Waals surface area contributed by atoms with Gasteiger partial charge in [0.25, 0.3) is 24.7 Å². The molecule has 0 unspecified atom stereocenters. The molecule has 2 aliphatic rings. The number of benzene rings is 3. The fourth-order valence-corrected chi connectivity index (χ4v) is 8.66. The van der Waals surface area contributed by atoms with Crippen LogP contribution in [0.25, 0.3) is 33.8 Å². The van der Waals surface area contributed by atoms with Gasteiger partial charge in [-0.1, -0.05) is 18.2 Å². The average Bonchev–Trinajstić information content (AvgIpc) is 4.31. The molecule has 0 aliphatic heterocycles. The van der Waals surface area contributed by atoms with Crippen molar-refractivity contribution in [1.82, 2.24) is 29.4 Å². The van der Waals surface area contributed by atoms with Crippen LogP contribution in [0, 0.1) is 25.5 Å². The fourth-order valence-electron chi connectivity index (χ4n) is 8.24. The highest BCUT2D eigenvalue weighted by Crippen LogP contribution is 2.37. The van der Waals surface area contributed by atoms with Crippen molar-refractivity contribution < 1.29 is 59.7 Å². The Kier molecular flexibility index (Phi) is 16.5. The van der Waals surface area contributed by atoms with Crippen molar-refractivity contribution in [2.75, 3.05) is 22.9 Å². The monoisotopic (exact) mass is 1150 g/mol. The zero-order valence-corrected chi connectivity index (χ0v) is 45.5. The first-order valence-corrected chi connectivity index (χ1v) is 25.7. The Labute approximate surface area is 454 Å². The summed E-state index contributed by atoms with van der Waals surface area (Å²) in [7, 11) is 0. The molecule has 7 aromatic rings. The zero-order chi connectivity index (χ0) is 56.5. The summed E-state index contributed by atoms with van der Waals surface area (Å²) in [4.78, 5) is 61.6. The molecule has 2 aliphatic carbocycles. The Morgan fingerprint density at radius 2 is 1.12 bits per heavy atom. The van der Waals surface area contributed by atoms with Crippen molar-refractivity contribution in [3.63, 3.8) is 0 Å². The van der Waals surface area contributed by atoms with Crippen LogP contribution in [0.2, 0.25) is 0 Å². The molecule has 22 heteroatoms. The van der Waals surface area contributed by atoms with E-state index in [1.807, 2.05) is 19.1 Å². The summed E-state index contributed by atoms with van der Waals surface area (Å²) in [6.45, 7) is 11.6. The van der Waals surface area contributed by atoms with Crippen LogP contribution in [0.3, 0.4) is 0 Å². The Balaban J connectivity index is 0.000000210. The summed E-state index contributed by atoms with van der Waals surface area (Å²) < 4.78 is 103. The lowest BCUT2D eigenvalue weighted by Gasteiger charge is -2.27. The highest BCUT2D eigenvalue weighted by atomic mass is 79.9. The molecule has 4 heterocycles. The van der Waals surface area contributed by atoms with E-state index in [4.69, 9.17) is 14.2 Å². The number of amides is 4. The van der Waals surface area contributed by atoms with E-state index in [1.54, 1.807) is 95.6 Å². The van der Waals surface area contributed by atoms with E-state index in [2.05, 4.69) is 36.5 Å². The quantitative estimate of drug-likeness (QED) is 0.101. The standard InChI is InChI=1S/C31H30F4N4O4.C25H27BrF2N4O3/c1-17-12-18(8-11-21(17)29(40)37-19-9-10-19)24-14-36-28-23(39(16-26(33)34)30(41)43-31(2,3)4)13-20(15-38(24)28)42-25-7-5-6-22(32)27(25)35;1-14-9-15(5-8-18(14)23(33)30-17-6-7-17)20-11-29-22-19(10-16(26)12-31(20)22)32(13-21(27)28)24(34)35-25(2,3)4/h5-8,11-15,19,26H,9-10,16H2,1-4H3,(H,37,40);5,8-12,17,21H,6-7,13H2,1-4H3,(H,30,33). The second-order valence-electron chi connectivity index (χ2n) is 21.0. The molecule has 4 amide bonds. The van der Waals surface area contributed by atoms with Crippen LogP contribution in [-0.2, 0) is 9.47 Å². The van der Waals surface area contributed by atoms with E-state index in [1.165, 1.54) is 35.0 Å². The van der Waals surface area contributed by atoms with Gasteiger partial charge in [-0.2, -0.15) is 4.39 Å². The van der Waals surface area contributed by atoms with E-state index in [9.17, 15) is 45.5 Å². The van der Waals surface area contributed by atoms with Gasteiger partial charge >= 0.3 is 12.2 Å². The van der Waals surface area contributed by atoms with Crippen LogP contribution >= 0.6 is 15.9 Å². The lowest BCUT2D eigenvalue weighted by molar-refractivity contribution is 0.0536. The molecule has 0 atom stereocenters. The molecule has 412 valence electrons. The first kappa shape index (κ1) is 56.6. The summed E-state index contributed by atoms with van der Waals surface area (Å²) in [6.07, 6.45) is 2.51. The SMILES string of the molecule is Cc1cc(-c2cnc3c(N(CC(F)F)C(=O)OC(C)(C)C)cc(Br)cn23)ccc1C(=O)NC1CC1.Cc1cc(-c2cnc3c(N(CC(F)F)C(=O)OC(C)(C)C)cc(Oc4cccc(F)c4F)cn23)ccc1C(=O)NC1CC1. The number of fused-ring (bicyclic) bond motifs is 2. The second-order valence-corrected chi connectivity index (χ2v) is 21.9. The zero-order valence-electron chi connectivity index (χ0n) is 43.9. The summed E-state index contributed by atoms with van der Waals surface area (Å²) in [5, 5.41) is 5.95. The van der Waals surface area contributed by atoms with Gasteiger partial charge in [-0.15, -0.1) is 0 Å². The topological polar surface area (TPSA) is 161 Å². The van der Waals surface area contributed by atoms with Gasteiger partial charge < -0.3 is 24.8 Å². The third-order valence-corrected chi connectivity index (χ3v) is 12.5. The molecule has 2 fully saturated rings. The molecule has 15 nitrogen and oxygen atoms in total. The summed E-state index contributed by atoms with van der Waals surface area (Å²) in [6, 6.07) is 17.3. The highest BCUT2D eigenvalue weighted by Gasteiger charge is 2.32. The summed E-state index contributed by atoms with van der Waals surface area (Å²) >= 11 is 3.43. The van der Waals surface area contributed by atoms with Crippen LogP contribution < -0.4 is 25.2 Å². The average molecular weight is 1150 g/mol. The van der Waals surface area contributed by atoms with Gasteiger partial charge in [-0.25, -0.2) is 41.5 Å². The van der Waals surface area contributed by atoms with Gasteiger partial charge in [0.15, 0.2) is 22.9 Å². The number of carbonyl (C=O) groups is 4. The molecule has 2 N–H and O–H groups in total. The number of anilines is 2. The normalized spacial score (nSPS) is 13.6. The van der Waals surface area contributed by atoms with Gasteiger partial charge in [0.1, 0.15) is 17.0 Å². The minimum Gasteiger partial charge on any atom is -0.453 e. The molecule has 0 radical (unpaired) electrons. The van der Waals surface area contributed by atoms with Crippen molar-refractivity contribution in [3.8, 4) is 34.0 Å². The smallest absolute Gasteiger partial charge is 0.415 e. The third kappa shape index (κ3) is 13.7. The van der Waals surface area contributed by atoms with Gasteiger partial charge in [-0.3, -0.25) is 28.2 Å². The van der Waals surface area contributed by atoms with Crippen molar-refractivity contribution in [3.05, 3.63) is 130 Å². The molecule has 4 aromatic heterocycles. The van der Waals surface area contributed by atoms with E-state index in [0.717, 1.165) is 52.7 Å². The van der Waals surface area contributed by atoms with Crippen LogP contribution in [-0.4, -0.2) is 92.0 Å². The number of alkyl halides is 4. The van der Waals surface area contributed by atoms with E-state index < -0.39 is 66.7 Å². The van der Waals surface area contributed by atoms with Crippen LogP contribution in [0.15, 0.2) is 96.0 Å². The molecule has 3 aromatic carbocycles. The molecular formula is C56H57BrF6N8O7. The molecule has 0 saturated heterocycles. The Morgan fingerprint density at radius 3 is 1.54 bits per heavy atom. The number of hydrogen-bond donors (Lipinski definition) is 2. The first-order chi connectivity index (χ1) is 36.7. The number of pyridine rings is 2. The molecule has 0 spiro atoms. The highest BCUT2D eigenvalue weighted by molar-refractivity contribution is 9.10. The lowest BCUT2D eigenvalue weighted by Crippen LogP contribution is -2.40. The molecule has 0 bridgehead atoms. The number of carbonyl (C=O) groups excluding carboxylic acids is 4. The number of aromatic nitrogens is 4. The lowest BCUT2D eigenvalue weighted by atomic mass is 10.0. The van der Waals surface area contributed by atoms with Crippen molar-refractivity contribution >= 4 is 62.6 Å². The fraction of sp³-hybridized carbons (Fsp3) is 0.357. The maximum absolute atomic E-state index is 14.5. The van der Waals surface area contributed by atoms with E-state index in [-0.39, 0.29) is 46.7 Å². The number of rotatable bonds is 14. The Bertz CT molecular complexity index is 3420. The Hall–Kier alpha value is -7.62. The van der Waals surface area contributed by atoms with Crippen LogP contribution in [0.5, 0.6) is 11.5 Å². The minimum atomic E-state index is -2.94. The summed E-state index contributed by atoms with van der Waals surface area (Å²) in [5.74, 6) is -3.21. The predicted octanol–water partition coefficient (Wildman–Crippen LogP) is 13.3. The molecule has 78 heavy (non-hydrogen) atoms. The number of imidazole rings is 2. The number of halogens is 7. The number of hydrogen-bond acceptors (Lipinski definition) is 9. The van der Waals surface area contributed by atoms with Gasteiger partial charge in [0.05, 0.1) is 54.4 Å². The van der Waals surface area contributed by atoms with Gasteiger partial charge in [-0.05, 0) is 151 Å². The minimum absolute atomic E-state index is 0.0915. The molecule has 2 saturated carbocycles. The van der Waals surface area contributed by atoms with Crippen molar-refractivity contribution in [2.45, 2.75) is 117 Å². The van der Waals surface area contributed by atoms with Crippen LogP contribution in [0.4, 0.5) is 47.3 Å². The summed E-state index contributed by atoms with van der Waals surface area (Å²) in [5.41, 5.74) is 3.80.